The van der Waals surface area contributed by atoms with Gasteiger partial charge in [-0.3, -0.25) is 4.90 Å². The van der Waals surface area contributed by atoms with E-state index in [-0.39, 0.29) is 13.2 Å². The number of aliphatic hydroxyl groups excluding tert-OH is 4. The van der Waals surface area contributed by atoms with E-state index >= 15 is 0 Å². The van der Waals surface area contributed by atoms with Gasteiger partial charge in [0.05, 0.1) is 30.9 Å². The fourth-order valence-electron chi connectivity index (χ4n) is 4.17. The number of halogens is 3. The Labute approximate surface area is 197 Å². The lowest BCUT2D eigenvalue weighted by atomic mass is 9.94. The number of benzene rings is 2. The van der Waals surface area contributed by atoms with Gasteiger partial charge in [-0.25, -0.2) is 0 Å². The molecule has 1 fully saturated rings. The molecule has 6 nitrogen and oxygen atoms in total. The first-order valence-electron chi connectivity index (χ1n) is 11.4. The molecule has 9 heteroatoms. The number of ether oxygens (including phenoxy) is 1. The third-order valence-electron chi connectivity index (χ3n) is 6.22. The molecule has 4 N–H and O–H groups in total. The van der Waals surface area contributed by atoms with E-state index in [1.165, 1.54) is 12.1 Å². The molecule has 34 heavy (non-hydrogen) atoms. The van der Waals surface area contributed by atoms with Crippen molar-refractivity contribution >= 4 is 0 Å². The van der Waals surface area contributed by atoms with Crippen molar-refractivity contribution in [2.75, 3.05) is 26.3 Å². The molecule has 1 heterocycles. The Hall–Kier alpha value is -2.01. The molecule has 0 bridgehead atoms. The van der Waals surface area contributed by atoms with E-state index in [2.05, 4.69) is 0 Å². The van der Waals surface area contributed by atoms with Gasteiger partial charge in [0.1, 0.15) is 12.2 Å². The van der Waals surface area contributed by atoms with Crippen LogP contribution in [-0.2, 0) is 17.5 Å². The maximum atomic E-state index is 12.7. The topological polar surface area (TPSA) is 93.4 Å². The minimum absolute atomic E-state index is 0.211. The number of alkyl halides is 3. The molecule has 0 saturated carbocycles. The Morgan fingerprint density at radius 3 is 2.06 bits per heavy atom. The predicted octanol–water partition coefficient (Wildman–Crippen LogP) is 2.82. The average molecular weight is 484 g/mol. The molecule has 0 unspecified atom stereocenters. The first kappa shape index (κ1) is 26.6. The first-order chi connectivity index (χ1) is 16.2. The molecule has 188 valence electrons. The number of rotatable bonds is 10. The third kappa shape index (κ3) is 7.00. The van der Waals surface area contributed by atoms with Crippen LogP contribution in [0.3, 0.4) is 0 Å². The molecule has 2 aromatic carbocycles. The monoisotopic (exact) mass is 483 g/mol. The number of β-amino-alcohol motifs (C(OH)–C–C–N with tert-alkyl or cyclic N) is 1. The van der Waals surface area contributed by atoms with Gasteiger partial charge in [0.15, 0.2) is 0 Å². The Morgan fingerprint density at radius 2 is 1.47 bits per heavy atom. The molecule has 3 rings (SSSR count). The fraction of sp³-hybridized carbons (Fsp3) is 0.520. The van der Waals surface area contributed by atoms with Gasteiger partial charge in [0, 0.05) is 13.2 Å². The van der Waals surface area contributed by atoms with Crippen molar-refractivity contribution in [1.82, 2.24) is 4.90 Å². The van der Waals surface area contributed by atoms with Gasteiger partial charge >= 0.3 is 6.18 Å². The van der Waals surface area contributed by atoms with Gasteiger partial charge in [-0.2, -0.15) is 13.2 Å². The van der Waals surface area contributed by atoms with E-state index in [1.54, 1.807) is 4.90 Å². The largest absolute Gasteiger partial charge is 0.416 e. The number of hydrogen-bond donors (Lipinski definition) is 4. The second kappa shape index (κ2) is 12.1. The van der Waals surface area contributed by atoms with E-state index < -0.39 is 36.1 Å². The first-order valence-corrected chi connectivity index (χ1v) is 11.4. The Kier molecular flexibility index (Phi) is 9.47. The summed E-state index contributed by atoms with van der Waals surface area (Å²) >= 11 is 0. The second-order valence-electron chi connectivity index (χ2n) is 8.68. The average Bonchev–Trinajstić information content (AvgIpc) is 2.82. The van der Waals surface area contributed by atoms with Crippen LogP contribution in [0.4, 0.5) is 13.2 Å². The molecular weight excluding hydrogens is 451 g/mol. The Bertz CT molecular complexity index is 876. The smallest absolute Gasteiger partial charge is 0.395 e. The number of nitrogens with zero attached hydrogens (tertiary/aromatic N) is 1. The van der Waals surface area contributed by atoms with Crippen LogP contribution in [-0.4, -0.2) is 76.0 Å². The number of piperidine rings is 1. The van der Waals surface area contributed by atoms with Gasteiger partial charge in [-0.15, -0.1) is 0 Å². The van der Waals surface area contributed by atoms with Crippen molar-refractivity contribution in [2.24, 2.45) is 0 Å². The normalized spacial score (nSPS) is 23.9. The van der Waals surface area contributed by atoms with Crippen LogP contribution in [0.25, 0.3) is 11.1 Å². The molecule has 1 aliphatic heterocycles. The lowest BCUT2D eigenvalue weighted by molar-refractivity contribution is -0.145. The van der Waals surface area contributed by atoms with Crippen molar-refractivity contribution in [1.29, 1.82) is 0 Å². The highest BCUT2D eigenvalue weighted by molar-refractivity contribution is 5.64. The Balaban J connectivity index is 1.35. The number of likely N-dealkylation sites (tertiary alicyclic amines) is 1. The van der Waals surface area contributed by atoms with Crippen molar-refractivity contribution < 1.29 is 38.3 Å². The highest BCUT2D eigenvalue weighted by Crippen LogP contribution is 2.31. The maximum absolute atomic E-state index is 12.7. The zero-order valence-electron chi connectivity index (χ0n) is 18.9. The summed E-state index contributed by atoms with van der Waals surface area (Å²) in [6.07, 6.45) is -5.30. The van der Waals surface area contributed by atoms with Crippen molar-refractivity contribution in [3.63, 3.8) is 0 Å². The van der Waals surface area contributed by atoms with E-state index in [9.17, 15) is 33.6 Å². The summed E-state index contributed by atoms with van der Waals surface area (Å²) in [6.45, 7) is 1.52. The lowest BCUT2D eigenvalue weighted by Gasteiger charge is -2.43. The maximum Gasteiger partial charge on any atom is 0.416 e. The molecule has 0 radical (unpaired) electrons. The van der Waals surface area contributed by atoms with Crippen LogP contribution in [0.5, 0.6) is 0 Å². The van der Waals surface area contributed by atoms with Crippen LogP contribution in [0, 0.1) is 0 Å². The van der Waals surface area contributed by atoms with E-state index in [0.717, 1.165) is 42.5 Å². The van der Waals surface area contributed by atoms with Gasteiger partial charge in [-0.05, 0) is 54.6 Å². The van der Waals surface area contributed by atoms with E-state index in [4.69, 9.17) is 4.74 Å². The summed E-state index contributed by atoms with van der Waals surface area (Å²) in [6, 6.07) is 12.0. The van der Waals surface area contributed by atoms with Gasteiger partial charge < -0.3 is 25.2 Å². The van der Waals surface area contributed by atoms with Crippen LogP contribution in [0.2, 0.25) is 0 Å². The predicted molar refractivity (Wildman–Crippen MR) is 121 cm³/mol. The fourth-order valence-corrected chi connectivity index (χ4v) is 4.17. The molecular formula is C25H32F3NO5. The minimum atomic E-state index is -4.34. The zero-order valence-corrected chi connectivity index (χ0v) is 18.9. The van der Waals surface area contributed by atoms with Crippen LogP contribution in [0.1, 0.15) is 30.4 Å². The van der Waals surface area contributed by atoms with Crippen molar-refractivity contribution in [3.05, 3.63) is 59.7 Å². The van der Waals surface area contributed by atoms with Gasteiger partial charge in [0.2, 0.25) is 0 Å². The molecule has 1 saturated heterocycles. The summed E-state index contributed by atoms with van der Waals surface area (Å²) in [7, 11) is 0. The zero-order chi connectivity index (χ0) is 24.7. The second-order valence-corrected chi connectivity index (χ2v) is 8.68. The summed E-state index contributed by atoms with van der Waals surface area (Å²) in [4.78, 5) is 1.81. The third-order valence-corrected chi connectivity index (χ3v) is 6.22. The molecule has 0 amide bonds. The highest BCUT2D eigenvalue weighted by Gasteiger charge is 2.40. The molecule has 0 aliphatic carbocycles. The van der Waals surface area contributed by atoms with E-state index in [0.29, 0.717) is 25.3 Å². The highest BCUT2D eigenvalue weighted by atomic mass is 19.4. The van der Waals surface area contributed by atoms with Gasteiger partial charge in [-0.1, -0.05) is 36.4 Å². The molecule has 2 aromatic rings. The van der Waals surface area contributed by atoms with Crippen LogP contribution >= 0.6 is 0 Å². The SMILES string of the molecule is OC[C@@H]1[C@@H](O)[C@H](O)[C@@H](O)CN1CCCCCOCc1ccc(-c2ccc(C(F)(F)F)cc2)cc1. The van der Waals surface area contributed by atoms with Crippen LogP contribution < -0.4 is 0 Å². The summed E-state index contributed by atoms with van der Waals surface area (Å²) < 4.78 is 43.8. The van der Waals surface area contributed by atoms with Gasteiger partial charge in [0.25, 0.3) is 0 Å². The number of hydrogen-bond acceptors (Lipinski definition) is 6. The number of aliphatic hydroxyl groups is 4. The van der Waals surface area contributed by atoms with Crippen LogP contribution in [0.15, 0.2) is 48.5 Å². The molecule has 0 spiro atoms. The summed E-state index contributed by atoms with van der Waals surface area (Å²) in [5.41, 5.74) is 1.85. The molecule has 1 aliphatic rings. The van der Waals surface area contributed by atoms with E-state index in [1.807, 2.05) is 24.3 Å². The standard InChI is InChI=1S/C25H32F3NO5/c26-25(27,28)20-10-8-19(9-11-20)18-6-4-17(5-7-18)16-34-13-3-1-2-12-29-14-22(31)24(33)23(32)21(29)15-30/h4-11,21-24,30-33H,1-3,12-16H2/t21-,22+,23-,24-/m1/s1. The number of unbranched alkanes of at least 4 members (excludes halogenated alkanes) is 2. The quantitative estimate of drug-likeness (QED) is 0.389. The molecule has 0 aromatic heterocycles. The molecule has 4 atom stereocenters. The Morgan fingerprint density at radius 1 is 0.853 bits per heavy atom. The minimum Gasteiger partial charge on any atom is -0.395 e. The lowest BCUT2D eigenvalue weighted by Crippen LogP contribution is -2.62. The van der Waals surface area contributed by atoms with Crippen molar-refractivity contribution in [3.8, 4) is 11.1 Å². The summed E-state index contributed by atoms with van der Waals surface area (Å²) in [5, 5.41) is 39.1. The van der Waals surface area contributed by atoms with Crippen molar-refractivity contribution in [2.45, 2.75) is 56.4 Å². The summed E-state index contributed by atoms with van der Waals surface area (Å²) in [5.74, 6) is 0.